The Balaban J connectivity index is 1.49. The lowest BCUT2D eigenvalue weighted by molar-refractivity contribution is -0.131. The van der Waals surface area contributed by atoms with E-state index in [0.717, 1.165) is 5.56 Å². The van der Waals surface area contributed by atoms with Crippen LogP contribution in [0.2, 0.25) is 0 Å². The number of likely N-dealkylation sites (tertiary alicyclic amines) is 1. The molecule has 0 spiro atoms. The largest absolute Gasteiger partial charge is 0.491 e. The predicted octanol–water partition coefficient (Wildman–Crippen LogP) is 1.25. The molecule has 0 aliphatic carbocycles. The predicted molar refractivity (Wildman–Crippen MR) is 90.5 cm³/mol. The van der Waals surface area contributed by atoms with Crippen molar-refractivity contribution < 1.29 is 19.2 Å². The van der Waals surface area contributed by atoms with E-state index in [9.17, 15) is 14.7 Å². The van der Waals surface area contributed by atoms with Gasteiger partial charge in [0.15, 0.2) is 0 Å². The van der Waals surface area contributed by atoms with E-state index in [1.807, 2.05) is 31.2 Å². The van der Waals surface area contributed by atoms with Gasteiger partial charge in [-0.2, -0.15) is 5.16 Å². The summed E-state index contributed by atoms with van der Waals surface area (Å²) in [5.41, 5.74) is -0.268. The maximum absolute atomic E-state index is 12.3. The number of aryl methyl sites for hydroxylation is 2. The molecule has 1 fully saturated rings. The number of hydrogen-bond acceptors (Lipinski definition) is 5. The highest BCUT2D eigenvalue weighted by molar-refractivity contribution is 5.76. The Kier molecular flexibility index (Phi) is 4.94. The summed E-state index contributed by atoms with van der Waals surface area (Å²) >= 11 is 0. The summed E-state index contributed by atoms with van der Waals surface area (Å²) in [6.45, 7) is 2.86. The number of carbonyl (C=O) groups is 1. The molecule has 7 heteroatoms. The van der Waals surface area contributed by atoms with Crippen LogP contribution in [0.15, 0.2) is 39.6 Å². The number of β-amino-alcohol motifs (C(OH)–C–C–N with tert-alkyl or cyclic N) is 1. The third kappa shape index (κ3) is 4.51. The molecular formula is C18H22N2O5. The Bertz CT molecular complexity index is 797. The molecule has 1 aromatic carbocycles. The molecule has 1 atom stereocenters. The average Bonchev–Trinajstić information content (AvgIpc) is 3.18. The van der Waals surface area contributed by atoms with Crippen LogP contribution >= 0.6 is 0 Å². The highest BCUT2D eigenvalue weighted by Gasteiger charge is 2.38. The summed E-state index contributed by atoms with van der Waals surface area (Å²) in [6, 6.07) is 8.97. The van der Waals surface area contributed by atoms with Crippen molar-refractivity contribution in [1.29, 1.82) is 0 Å². The number of carbonyl (C=O) groups excluding carboxylic acids is 1. The van der Waals surface area contributed by atoms with Gasteiger partial charge in [0.1, 0.15) is 23.7 Å². The van der Waals surface area contributed by atoms with E-state index in [1.54, 1.807) is 4.90 Å². The molecule has 0 radical (unpaired) electrons. The van der Waals surface area contributed by atoms with Gasteiger partial charge in [0.25, 0.3) is 5.56 Å². The summed E-state index contributed by atoms with van der Waals surface area (Å²) in [5.74, 6) is 1.09. The van der Waals surface area contributed by atoms with Crippen molar-refractivity contribution in [2.45, 2.75) is 31.8 Å². The summed E-state index contributed by atoms with van der Waals surface area (Å²) in [6.07, 6.45) is 1.06. The minimum atomic E-state index is -1.04. The molecule has 2 aromatic rings. The summed E-state index contributed by atoms with van der Waals surface area (Å²) < 4.78 is 10.6. The Morgan fingerprint density at radius 3 is 3.00 bits per heavy atom. The normalized spacial score (nSPS) is 20.0. The molecule has 1 amide bonds. The quantitative estimate of drug-likeness (QED) is 0.821. The van der Waals surface area contributed by atoms with Gasteiger partial charge in [-0.15, -0.1) is 0 Å². The first-order valence-corrected chi connectivity index (χ1v) is 8.31. The molecule has 2 N–H and O–H groups in total. The van der Waals surface area contributed by atoms with Crippen LogP contribution in [-0.2, 0) is 11.2 Å². The van der Waals surface area contributed by atoms with E-state index in [-0.39, 0.29) is 31.0 Å². The first-order chi connectivity index (χ1) is 11.9. The van der Waals surface area contributed by atoms with E-state index < -0.39 is 5.60 Å². The standard InChI is InChI=1S/C18H22N2O5/c1-13-3-2-4-14(9-13)24-12-18(23)7-8-20(11-18)17(22)6-5-15-10-16(21)19-25-15/h2-4,9-10,23H,5-8,11-12H2,1H3,(H,19,21)/t18-/m1/s1. The maximum atomic E-state index is 12.3. The van der Waals surface area contributed by atoms with Crippen molar-refractivity contribution in [1.82, 2.24) is 10.1 Å². The lowest BCUT2D eigenvalue weighted by Crippen LogP contribution is -2.40. The van der Waals surface area contributed by atoms with Crippen LogP contribution in [0, 0.1) is 6.92 Å². The van der Waals surface area contributed by atoms with Gasteiger partial charge in [-0.1, -0.05) is 12.1 Å². The number of nitrogens with one attached hydrogen (secondary N) is 1. The van der Waals surface area contributed by atoms with Crippen LogP contribution in [0.4, 0.5) is 0 Å². The Labute approximate surface area is 145 Å². The molecule has 0 bridgehead atoms. The minimum absolute atomic E-state index is 0.0738. The van der Waals surface area contributed by atoms with Gasteiger partial charge in [-0.3, -0.25) is 9.59 Å². The number of rotatable bonds is 6. The first kappa shape index (κ1) is 17.3. The molecule has 7 nitrogen and oxygen atoms in total. The SMILES string of the molecule is Cc1cccc(OC[C@@]2(O)CCN(C(=O)CCc3cc(=O)[nH]o3)C2)c1. The minimum Gasteiger partial charge on any atom is -0.491 e. The zero-order valence-corrected chi connectivity index (χ0v) is 14.2. The number of aliphatic hydroxyl groups is 1. The number of ether oxygens (including phenoxy) is 1. The molecular weight excluding hydrogens is 324 g/mol. The molecule has 1 saturated heterocycles. The number of hydrogen-bond donors (Lipinski definition) is 2. The van der Waals surface area contributed by atoms with Crippen molar-refractivity contribution in [2.75, 3.05) is 19.7 Å². The van der Waals surface area contributed by atoms with E-state index in [2.05, 4.69) is 5.16 Å². The summed E-state index contributed by atoms with van der Waals surface area (Å²) in [5, 5.41) is 12.8. The highest BCUT2D eigenvalue weighted by Crippen LogP contribution is 2.24. The lowest BCUT2D eigenvalue weighted by Gasteiger charge is -2.23. The third-order valence-electron chi connectivity index (χ3n) is 4.34. The molecule has 2 heterocycles. The van der Waals surface area contributed by atoms with Gasteiger partial charge in [0.05, 0.1) is 6.54 Å². The smallest absolute Gasteiger partial charge is 0.280 e. The molecule has 25 heavy (non-hydrogen) atoms. The van der Waals surface area contributed by atoms with Crippen molar-refractivity contribution >= 4 is 5.91 Å². The molecule has 0 saturated carbocycles. The second-order valence-corrected chi connectivity index (χ2v) is 6.57. The fourth-order valence-electron chi connectivity index (χ4n) is 2.94. The highest BCUT2D eigenvalue weighted by atomic mass is 16.5. The van der Waals surface area contributed by atoms with E-state index >= 15 is 0 Å². The van der Waals surface area contributed by atoms with Crippen molar-refractivity contribution in [2.24, 2.45) is 0 Å². The van der Waals surface area contributed by atoms with Crippen LogP contribution < -0.4 is 10.3 Å². The van der Waals surface area contributed by atoms with Gasteiger partial charge in [0, 0.05) is 25.5 Å². The van der Waals surface area contributed by atoms with Crippen LogP contribution in [0.25, 0.3) is 0 Å². The van der Waals surface area contributed by atoms with Gasteiger partial charge < -0.3 is 19.3 Å². The molecule has 1 aliphatic rings. The van der Waals surface area contributed by atoms with Crippen LogP contribution in [-0.4, -0.2) is 46.4 Å². The Morgan fingerprint density at radius 2 is 2.28 bits per heavy atom. The molecule has 1 aliphatic heterocycles. The van der Waals surface area contributed by atoms with Crippen molar-refractivity contribution in [3.05, 3.63) is 52.0 Å². The fourth-order valence-corrected chi connectivity index (χ4v) is 2.94. The molecule has 1 aromatic heterocycles. The van der Waals surface area contributed by atoms with Crippen LogP contribution in [0.5, 0.6) is 5.75 Å². The fraction of sp³-hybridized carbons (Fsp3) is 0.444. The number of aromatic amines is 1. The molecule has 0 unspecified atom stereocenters. The third-order valence-corrected chi connectivity index (χ3v) is 4.34. The van der Waals surface area contributed by atoms with Gasteiger partial charge in [-0.25, -0.2) is 0 Å². The summed E-state index contributed by atoms with van der Waals surface area (Å²) in [4.78, 5) is 24.9. The topological polar surface area (TPSA) is 95.8 Å². The molecule has 3 rings (SSSR count). The van der Waals surface area contributed by atoms with E-state index in [4.69, 9.17) is 9.26 Å². The number of benzene rings is 1. The lowest BCUT2D eigenvalue weighted by atomic mass is 10.1. The van der Waals surface area contributed by atoms with Gasteiger partial charge in [0.2, 0.25) is 5.91 Å². The molecule has 134 valence electrons. The van der Waals surface area contributed by atoms with Crippen molar-refractivity contribution in [3.63, 3.8) is 0 Å². The second kappa shape index (κ2) is 7.14. The number of amides is 1. The van der Waals surface area contributed by atoms with Crippen molar-refractivity contribution in [3.8, 4) is 5.75 Å². The second-order valence-electron chi connectivity index (χ2n) is 6.57. The Morgan fingerprint density at radius 1 is 1.44 bits per heavy atom. The van der Waals surface area contributed by atoms with Gasteiger partial charge in [-0.05, 0) is 31.0 Å². The van der Waals surface area contributed by atoms with Gasteiger partial charge >= 0.3 is 0 Å². The zero-order valence-electron chi connectivity index (χ0n) is 14.2. The first-order valence-electron chi connectivity index (χ1n) is 8.31. The number of H-pyrrole nitrogens is 1. The monoisotopic (exact) mass is 346 g/mol. The maximum Gasteiger partial charge on any atom is 0.280 e. The van der Waals surface area contributed by atoms with E-state index in [1.165, 1.54) is 6.07 Å². The average molecular weight is 346 g/mol. The number of nitrogens with zero attached hydrogens (tertiary/aromatic N) is 1. The number of aromatic nitrogens is 1. The zero-order chi connectivity index (χ0) is 17.9. The van der Waals surface area contributed by atoms with E-state index in [0.29, 0.717) is 30.9 Å². The summed E-state index contributed by atoms with van der Waals surface area (Å²) in [7, 11) is 0. The Hall–Kier alpha value is -2.54. The van der Waals surface area contributed by atoms with Crippen LogP contribution in [0.1, 0.15) is 24.2 Å². The van der Waals surface area contributed by atoms with Crippen LogP contribution in [0.3, 0.4) is 0 Å².